The SMILES string of the molecule is CC(C)CC(O)Nc1cncc(-c2cc3c(-c4nc5nccc(-c6cccs6)c5[nH]4)n[nH]c3cc2F)c1. The fraction of sp³-hybridized carbons (Fsp3) is 0.185. The van der Waals surface area contributed by atoms with Gasteiger partial charge in [0.1, 0.15) is 17.7 Å². The van der Waals surface area contributed by atoms with Crippen molar-refractivity contribution in [1.82, 2.24) is 30.1 Å². The number of anilines is 1. The van der Waals surface area contributed by atoms with Crippen LogP contribution in [0.1, 0.15) is 20.3 Å². The van der Waals surface area contributed by atoms with E-state index in [9.17, 15) is 5.11 Å². The van der Waals surface area contributed by atoms with Crippen molar-refractivity contribution in [2.75, 3.05) is 5.32 Å². The average Bonchev–Trinajstić information content (AvgIpc) is 3.62. The molecule has 1 unspecified atom stereocenters. The number of aromatic nitrogens is 6. The zero-order valence-electron chi connectivity index (χ0n) is 20.2. The van der Waals surface area contributed by atoms with Gasteiger partial charge in [0.05, 0.1) is 22.9 Å². The summed E-state index contributed by atoms with van der Waals surface area (Å²) in [5.74, 6) is 0.462. The molecule has 8 nitrogen and oxygen atoms in total. The lowest BCUT2D eigenvalue weighted by molar-refractivity contribution is 0.176. The number of benzene rings is 1. The van der Waals surface area contributed by atoms with Crippen molar-refractivity contribution < 1.29 is 9.50 Å². The van der Waals surface area contributed by atoms with Crippen molar-refractivity contribution in [1.29, 1.82) is 0 Å². The van der Waals surface area contributed by atoms with Crippen LogP contribution in [0.3, 0.4) is 0 Å². The minimum atomic E-state index is -0.717. The lowest BCUT2D eigenvalue weighted by Gasteiger charge is -2.16. The summed E-state index contributed by atoms with van der Waals surface area (Å²) in [6.07, 6.45) is 4.82. The van der Waals surface area contributed by atoms with E-state index < -0.39 is 12.0 Å². The molecule has 37 heavy (non-hydrogen) atoms. The van der Waals surface area contributed by atoms with E-state index in [1.54, 1.807) is 42.1 Å². The fourth-order valence-corrected chi connectivity index (χ4v) is 5.22. The minimum Gasteiger partial charge on any atom is -0.374 e. The molecule has 0 spiro atoms. The standard InChI is InChI=1S/C27H24FN7OS/c1-14(2)8-23(36)31-16-9-15(12-29-13-16)18-10-19-21(11-20(18)28)34-35-25(19)27-32-24-17(22-4-3-7-37-22)5-6-30-26(24)33-27/h3-7,9-14,23,31,36H,8H2,1-2H3,(H,34,35)(H,30,32,33). The van der Waals surface area contributed by atoms with Gasteiger partial charge in [-0.05, 0) is 42.0 Å². The van der Waals surface area contributed by atoms with E-state index in [0.29, 0.717) is 57.2 Å². The fourth-order valence-electron chi connectivity index (χ4n) is 4.46. The first kappa shape index (κ1) is 23.3. The number of imidazole rings is 1. The van der Waals surface area contributed by atoms with Crippen molar-refractivity contribution in [3.8, 4) is 33.1 Å². The van der Waals surface area contributed by atoms with Crippen molar-refractivity contribution in [2.24, 2.45) is 5.92 Å². The monoisotopic (exact) mass is 513 g/mol. The van der Waals surface area contributed by atoms with E-state index >= 15 is 4.39 Å². The highest BCUT2D eigenvalue weighted by molar-refractivity contribution is 7.13. The quantitative estimate of drug-likeness (QED) is 0.189. The number of thiophene rings is 1. The van der Waals surface area contributed by atoms with Crippen LogP contribution in [0.5, 0.6) is 0 Å². The maximum Gasteiger partial charge on any atom is 0.178 e. The van der Waals surface area contributed by atoms with Crippen molar-refractivity contribution in [3.05, 3.63) is 66.2 Å². The number of aliphatic hydroxyl groups is 1. The Morgan fingerprint density at radius 3 is 2.84 bits per heavy atom. The largest absolute Gasteiger partial charge is 0.374 e. The third kappa shape index (κ3) is 4.45. The molecular weight excluding hydrogens is 489 g/mol. The van der Waals surface area contributed by atoms with Crippen LogP contribution in [0.25, 0.3) is 55.2 Å². The third-order valence-electron chi connectivity index (χ3n) is 6.13. The minimum absolute atomic E-state index is 0.327. The van der Waals surface area contributed by atoms with E-state index in [1.807, 2.05) is 31.4 Å². The summed E-state index contributed by atoms with van der Waals surface area (Å²) in [5.41, 5.74) is 5.11. The first-order valence-electron chi connectivity index (χ1n) is 11.9. The first-order valence-corrected chi connectivity index (χ1v) is 12.8. The number of halogens is 1. The van der Waals surface area contributed by atoms with Gasteiger partial charge in [-0.1, -0.05) is 19.9 Å². The first-order chi connectivity index (χ1) is 18.0. The summed E-state index contributed by atoms with van der Waals surface area (Å²) < 4.78 is 15.2. The van der Waals surface area contributed by atoms with Gasteiger partial charge in [0.2, 0.25) is 0 Å². The molecule has 1 atom stereocenters. The molecule has 0 saturated heterocycles. The summed E-state index contributed by atoms with van der Waals surface area (Å²) in [4.78, 5) is 17.8. The van der Waals surface area contributed by atoms with Crippen LogP contribution in [0, 0.1) is 11.7 Å². The number of hydrogen-bond acceptors (Lipinski definition) is 7. The second kappa shape index (κ2) is 9.38. The lowest BCUT2D eigenvalue weighted by Crippen LogP contribution is -2.20. The molecule has 0 aliphatic rings. The normalized spacial score (nSPS) is 12.6. The predicted molar refractivity (Wildman–Crippen MR) is 145 cm³/mol. The molecule has 4 N–H and O–H groups in total. The zero-order valence-corrected chi connectivity index (χ0v) is 21.0. The van der Waals surface area contributed by atoms with Crippen molar-refractivity contribution in [2.45, 2.75) is 26.5 Å². The van der Waals surface area contributed by atoms with E-state index in [4.69, 9.17) is 0 Å². The molecule has 6 aromatic rings. The molecule has 1 aromatic carbocycles. The number of aliphatic hydroxyl groups excluding tert-OH is 1. The summed E-state index contributed by atoms with van der Waals surface area (Å²) in [7, 11) is 0. The van der Waals surface area contributed by atoms with Crippen LogP contribution < -0.4 is 5.32 Å². The molecule has 0 saturated carbocycles. The molecule has 0 amide bonds. The predicted octanol–water partition coefficient (Wildman–Crippen LogP) is 6.21. The van der Waals surface area contributed by atoms with E-state index in [-0.39, 0.29) is 0 Å². The molecular formula is C27H24FN7OS. The number of nitrogens with zero attached hydrogens (tertiary/aromatic N) is 4. The van der Waals surface area contributed by atoms with Gasteiger partial charge in [0.25, 0.3) is 0 Å². The van der Waals surface area contributed by atoms with Crippen LogP contribution >= 0.6 is 11.3 Å². The second-order valence-corrected chi connectivity index (χ2v) is 10.3. The number of pyridine rings is 2. The molecule has 0 radical (unpaired) electrons. The van der Waals surface area contributed by atoms with Crippen LogP contribution in [0.2, 0.25) is 0 Å². The Kier molecular flexibility index (Phi) is 5.90. The van der Waals surface area contributed by atoms with Gasteiger partial charge in [-0.3, -0.25) is 10.1 Å². The van der Waals surface area contributed by atoms with Crippen LogP contribution in [-0.2, 0) is 0 Å². The maximum atomic E-state index is 15.2. The highest BCUT2D eigenvalue weighted by Gasteiger charge is 2.19. The Bertz CT molecular complexity index is 1710. The summed E-state index contributed by atoms with van der Waals surface area (Å²) >= 11 is 1.64. The highest BCUT2D eigenvalue weighted by Crippen LogP contribution is 2.35. The molecule has 6 rings (SSSR count). The van der Waals surface area contributed by atoms with E-state index in [0.717, 1.165) is 16.0 Å². The Hall–Kier alpha value is -4.15. The number of aromatic amines is 2. The van der Waals surface area contributed by atoms with Gasteiger partial charge in [-0.2, -0.15) is 5.10 Å². The number of nitrogens with one attached hydrogen (secondary N) is 3. The Morgan fingerprint density at radius 1 is 1.14 bits per heavy atom. The second-order valence-electron chi connectivity index (χ2n) is 9.32. The molecule has 0 aliphatic heterocycles. The Labute approximate surface area is 215 Å². The van der Waals surface area contributed by atoms with Gasteiger partial charge in [0, 0.05) is 45.4 Å². The number of H-pyrrole nitrogens is 2. The Balaban J connectivity index is 1.41. The molecule has 0 aliphatic carbocycles. The van der Waals surface area contributed by atoms with Crippen LogP contribution in [0.4, 0.5) is 10.1 Å². The van der Waals surface area contributed by atoms with Crippen molar-refractivity contribution in [3.63, 3.8) is 0 Å². The van der Waals surface area contributed by atoms with Gasteiger partial charge < -0.3 is 15.4 Å². The third-order valence-corrected chi connectivity index (χ3v) is 7.03. The molecule has 0 fully saturated rings. The summed E-state index contributed by atoms with van der Waals surface area (Å²) in [6, 6.07) is 11.0. The summed E-state index contributed by atoms with van der Waals surface area (Å²) in [5, 5.41) is 23.4. The van der Waals surface area contributed by atoms with E-state index in [2.05, 4.69) is 41.5 Å². The lowest BCUT2D eigenvalue weighted by atomic mass is 10.0. The van der Waals surface area contributed by atoms with Gasteiger partial charge in [0.15, 0.2) is 11.5 Å². The molecule has 10 heteroatoms. The highest BCUT2D eigenvalue weighted by atomic mass is 32.1. The van der Waals surface area contributed by atoms with Crippen molar-refractivity contribution >= 4 is 39.1 Å². The molecule has 186 valence electrons. The van der Waals surface area contributed by atoms with E-state index in [1.165, 1.54) is 6.07 Å². The molecule has 5 heterocycles. The topological polar surface area (TPSA) is 115 Å². The Morgan fingerprint density at radius 2 is 2.03 bits per heavy atom. The van der Waals surface area contributed by atoms with Crippen LogP contribution in [-0.4, -0.2) is 41.5 Å². The number of hydrogen-bond donors (Lipinski definition) is 4. The summed E-state index contributed by atoms with van der Waals surface area (Å²) in [6.45, 7) is 4.07. The van der Waals surface area contributed by atoms with Crippen LogP contribution in [0.15, 0.2) is 60.4 Å². The van der Waals surface area contributed by atoms with Gasteiger partial charge in [-0.25, -0.2) is 14.4 Å². The van der Waals surface area contributed by atoms with Gasteiger partial charge in [-0.15, -0.1) is 11.3 Å². The molecule has 0 bridgehead atoms. The smallest absolute Gasteiger partial charge is 0.178 e. The van der Waals surface area contributed by atoms with Gasteiger partial charge >= 0.3 is 0 Å². The molecule has 5 aromatic heterocycles. The number of rotatable bonds is 7. The zero-order chi connectivity index (χ0) is 25.5. The average molecular weight is 514 g/mol. The maximum absolute atomic E-state index is 15.2. The number of fused-ring (bicyclic) bond motifs is 2.